The maximum atomic E-state index is 12.4. The van der Waals surface area contributed by atoms with Crippen LogP contribution in [0.4, 0.5) is 0 Å². The van der Waals surface area contributed by atoms with Crippen LogP contribution in [0.3, 0.4) is 0 Å². The molecule has 1 aromatic heterocycles. The van der Waals surface area contributed by atoms with Crippen LogP contribution in [0, 0.1) is 0 Å². The second-order valence-corrected chi connectivity index (χ2v) is 7.19. The van der Waals surface area contributed by atoms with Crippen molar-refractivity contribution in [2.75, 3.05) is 5.75 Å². The van der Waals surface area contributed by atoms with Crippen molar-refractivity contribution in [3.63, 3.8) is 0 Å². The lowest BCUT2D eigenvalue weighted by atomic mass is 10.2. The third-order valence-electron chi connectivity index (χ3n) is 3.33. The highest BCUT2D eigenvalue weighted by Gasteiger charge is 2.14. The van der Waals surface area contributed by atoms with Crippen molar-refractivity contribution >= 4 is 32.6 Å². The first-order chi connectivity index (χ1) is 11.4. The fourth-order valence-electron chi connectivity index (χ4n) is 2.16. The molecule has 0 saturated carbocycles. The summed E-state index contributed by atoms with van der Waals surface area (Å²) in [6, 6.07) is 13.0. The number of benzene rings is 2. The molecule has 0 fully saturated rings. The Kier molecular flexibility index (Phi) is 4.55. The van der Waals surface area contributed by atoms with Gasteiger partial charge in [-0.1, -0.05) is 29.8 Å². The van der Waals surface area contributed by atoms with Gasteiger partial charge in [0.15, 0.2) is 0 Å². The smallest absolute Gasteiger partial charge is 0.310 e. The maximum Gasteiger partial charge on any atom is 0.310 e. The lowest BCUT2D eigenvalue weighted by Gasteiger charge is -2.09. The van der Waals surface area contributed by atoms with Gasteiger partial charge in [0.25, 0.3) is 5.56 Å². The number of aromatic nitrogens is 2. The quantitative estimate of drug-likeness (QED) is 0.650. The lowest BCUT2D eigenvalue weighted by molar-refractivity contribution is 0.480. The maximum absolute atomic E-state index is 12.4. The number of fused-ring (bicyclic) bond motifs is 1. The Morgan fingerprint density at radius 1 is 1.12 bits per heavy atom. The summed E-state index contributed by atoms with van der Waals surface area (Å²) in [4.78, 5) is 16.5. The van der Waals surface area contributed by atoms with Crippen LogP contribution in [0.2, 0.25) is 5.02 Å². The van der Waals surface area contributed by atoms with Gasteiger partial charge in [-0.25, -0.2) is 4.98 Å². The van der Waals surface area contributed by atoms with E-state index in [-0.39, 0.29) is 23.6 Å². The van der Waals surface area contributed by atoms with Crippen molar-refractivity contribution in [1.29, 1.82) is 0 Å². The van der Waals surface area contributed by atoms with Crippen molar-refractivity contribution in [2.24, 2.45) is 0 Å². The van der Waals surface area contributed by atoms with Gasteiger partial charge < -0.3 is 4.18 Å². The van der Waals surface area contributed by atoms with Gasteiger partial charge in [-0.05, 0) is 30.3 Å². The van der Waals surface area contributed by atoms with E-state index >= 15 is 0 Å². The minimum Gasteiger partial charge on any atom is -0.382 e. The first kappa shape index (κ1) is 16.5. The van der Waals surface area contributed by atoms with Crippen LogP contribution < -0.4 is 9.74 Å². The Labute approximate surface area is 143 Å². The summed E-state index contributed by atoms with van der Waals surface area (Å²) in [6.45, 7) is -0.0660. The van der Waals surface area contributed by atoms with Crippen LogP contribution in [0.15, 0.2) is 59.7 Å². The average Bonchev–Trinajstić information content (AvgIpc) is 2.55. The molecule has 24 heavy (non-hydrogen) atoms. The fraction of sp³-hybridized carbons (Fsp3) is 0.125. The molecule has 0 unspecified atom stereocenters. The van der Waals surface area contributed by atoms with Crippen LogP contribution >= 0.6 is 11.6 Å². The third kappa shape index (κ3) is 3.74. The normalized spacial score (nSPS) is 11.5. The van der Waals surface area contributed by atoms with Crippen LogP contribution in [0.1, 0.15) is 0 Å². The van der Waals surface area contributed by atoms with E-state index < -0.39 is 10.1 Å². The molecule has 0 aliphatic rings. The van der Waals surface area contributed by atoms with Crippen LogP contribution in [-0.2, 0) is 16.7 Å². The molecule has 0 amide bonds. The summed E-state index contributed by atoms with van der Waals surface area (Å²) in [6.07, 6.45) is 1.32. The van der Waals surface area contributed by atoms with Crippen molar-refractivity contribution in [1.82, 2.24) is 9.55 Å². The molecular formula is C16H13ClN2O4S. The van der Waals surface area contributed by atoms with Crippen molar-refractivity contribution in [2.45, 2.75) is 6.54 Å². The minimum atomic E-state index is -3.82. The lowest BCUT2D eigenvalue weighted by Crippen LogP contribution is -2.26. The number of aryl methyl sites for hydroxylation is 1. The molecule has 2 aromatic carbocycles. The molecule has 0 N–H and O–H groups in total. The van der Waals surface area contributed by atoms with Gasteiger partial charge in [-0.3, -0.25) is 9.36 Å². The summed E-state index contributed by atoms with van der Waals surface area (Å²) in [5.41, 5.74) is 0.154. The summed E-state index contributed by atoms with van der Waals surface area (Å²) in [5.74, 6) is -0.122. The Balaban J connectivity index is 1.80. The molecule has 0 bridgehead atoms. The Morgan fingerprint density at radius 3 is 2.62 bits per heavy atom. The molecular weight excluding hydrogens is 352 g/mol. The SMILES string of the molecule is O=c1c2cc(Cl)ccc2ncn1CCS(=O)(=O)Oc1ccccc1. The second kappa shape index (κ2) is 6.62. The van der Waals surface area contributed by atoms with Gasteiger partial charge in [-0.15, -0.1) is 0 Å². The van der Waals surface area contributed by atoms with E-state index in [4.69, 9.17) is 15.8 Å². The Hall–Kier alpha value is -2.38. The number of hydrogen-bond acceptors (Lipinski definition) is 5. The van der Waals surface area contributed by atoms with E-state index in [1.54, 1.807) is 42.5 Å². The standard InChI is InChI=1S/C16H13ClN2O4S/c17-12-6-7-15-14(10-12)16(20)19(11-18-15)8-9-24(21,22)23-13-4-2-1-3-5-13/h1-7,10-11H,8-9H2. The molecule has 3 aromatic rings. The van der Waals surface area contributed by atoms with Crippen LogP contribution in [0.25, 0.3) is 10.9 Å². The van der Waals surface area contributed by atoms with Gasteiger partial charge in [-0.2, -0.15) is 8.42 Å². The zero-order chi connectivity index (χ0) is 17.2. The summed E-state index contributed by atoms with van der Waals surface area (Å²) in [7, 11) is -3.82. The van der Waals surface area contributed by atoms with E-state index in [0.717, 1.165) is 0 Å². The molecule has 124 valence electrons. The van der Waals surface area contributed by atoms with Crippen LogP contribution in [-0.4, -0.2) is 23.7 Å². The zero-order valence-electron chi connectivity index (χ0n) is 12.4. The topological polar surface area (TPSA) is 78.3 Å². The summed E-state index contributed by atoms with van der Waals surface area (Å²) in [5, 5.41) is 0.755. The molecule has 8 heteroatoms. The first-order valence-corrected chi connectivity index (χ1v) is 9.02. The molecule has 1 heterocycles. The molecule has 0 aliphatic carbocycles. The highest BCUT2D eigenvalue weighted by Crippen LogP contribution is 2.14. The Bertz CT molecular complexity index is 1030. The molecule has 0 aliphatic heterocycles. The largest absolute Gasteiger partial charge is 0.382 e. The van der Waals surface area contributed by atoms with Crippen LogP contribution in [0.5, 0.6) is 5.75 Å². The van der Waals surface area contributed by atoms with Crippen molar-refractivity contribution in [3.05, 3.63) is 70.2 Å². The van der Waals surface area contributed by atoms with E-state index in [1.165, 1.54) is 17.0 Å². The average molecular weight is 365 g/mol. The second-order valence-electron chi connectivity index (χ2n) is 5.06. The van der Waals surface area contributed by atoms with Crippen molar-refractivity contribution in [3.8, 4) is 5.75 Å². The molecule has 0 saturated heterocycles. The molecule has 0 spiro atoms. The predicted molar refractivity (Wildman–Crippen MR) is 91.9 cm³/mol. The van der Waals surface area contributed by atoms with E-state index in [2.05, 4.69) is 4.98 Å². The van der Waals surface area contributed by atoms with Gasteiger partial charge in [0.05, 0.1) is 17.2 Å². The molecule has 0 atom stereocenters. The number of hydrogen-bond donors (Lipinski definition) is 0. The predicted octanol–water partition coefficient (Wildman–Crippen LogP) is 2.46. The number of halogens is 1. The molecule has 3 rings (SSSR count). The van der Waals surface area contributed by atoms with E-state index in [9.17, 15) is 13.2 Å². The fourth-order valence-corrected chi connectivity index (χ4v) is 3.25. The van der Waals surface area contributed by atoms with Gasteiger partial charge in [0.1, 0.15) is 11.5 Å². The first-order valence-electron chi connectivity index (χ1n) is 7.06. The summed E-state index contributed by atoms with van der Waals surface area (Å²) < 4.78 is 30.3. The van der Waals surface area contributed by atoms with Crippen molar-refractivity contribution < 1.29 is 12.6 Å². The van der Waals surface area contributed by atoms with E-state index in [0.29, 0.717) is 15.9 Å². The monoisotopic (exact) mass is 364 g/mol. The van der Waals surface area contributed by atoms with Gasteiger partial charge in [0.2, 0.25) is 0 Å². The Morgan fingerprint density at radius 2 is 1.88 bits per heavy atom. The molecule has 0 radical (unpaired) electrons. The van der Waals surface area contributed by atoms with E-state index in [1.807, 2.05) is 0 Å². The highest BCUT2D eigenvalue weighted by molar-refractivity contribution is 7.87. The van der Waals surface area contributed by atoms with Gasteiger partial charge >= 0.3 is 10.1 Å². The summed E-state index contributed by atoms with van der Waals surface area (Å²) >= 11 is 5.89. The number of rotatable bonds is 5. The number of para-hydroxylation sites is 1. The highest BCUT2D eigenvalue weighted by atomic mass is 35.5. The van der Waals surface area contributed by atoms with Gasteiger partial charge in [0, 0.05) is 11.6 Å². The molecule has 6 nitrogen and oxygen atoms in total. The zero-order valence-corrected chi connectivity index (χ0v) is 14.0. The number of nitrogens with zero attached hydrogens (tertiary/aromatic N) is 2. The third-order valence-corrected chi connectivity index (χ3v) is 4.70. The minimum absolute atomic E-state index is 0.0660.